The number of nitrogens with zero attached hydrogens (tertiary/aromatic N) is 3. The second-order valence-electron chi connectivity index (χ2n) is 13.4. The number of benzene rings is 7. The van der Waals surface area contributed by atoms with Gasteiger partial charge in [0.25, 0.3) is 0 Å². The fourth-order valence-corrected chi connectivity index (χ4v) is 7.86. The molecular weight excluding hydrogens is 631 g/mol. The molecule has 3 nitrogen and oxygen atoms in total. The molecule has 0 atom stereocenters. The first-order valence-electron chi connectivity index (χ1n) is 17.9. The summed E-state index contributed by atoms with van der Waals surface area (Å²) >= 11 is 0. The molecule has 0 saturated carbocycles. The highest BCUT2D eigenvalue weighted by Crippen LogP contribution is 2.42. The maximum absolute atomic E-state index is 5.39. The molecule has 0 amide bonds. The minimum absolute atomic E-state index is 0.707. The van der Waals surface area contributed by atoms with Gasteiger partial charge in [-0.15, -0.1) is 0 Å². The number of para-hydroxylation sites is 1. The van der Waals surface area contributed by atoms with Gasteiger partial charge >= 0.3 is 0 Å². The van der Waals surface area contributed by atoms with Crippen molar-refractivity contribution in [2.75, 3.05) is 0 Å². The highest BCUT2D eigenvalue weighted by atomic mass is 14.9. The van der Waals surface area contributed by atoms with Crippen molar-refractivity contribution >= 4 is 38.5 Å². The fourth-order valence-electron chi connectivity index (χ4n) is 7.86. The summed E-state index contributed by atoms with van der Waals surface area (Å²) in [7, 11) is 0. The van der Waals surface area contributed by atoms with Crippen molar-refractivity contribution in [3.8, 4) is 56.3 Å². The van der Waals surface area contributed by atoms with Crippen molar-refractivity contribution in [2.24, 2.45) is 0 Å². The molecule has 2 aromatic heterocycles. The third kappa shape index (κ3) is 5.09. The minimum Gasteiger partial charge on any atom is -0.247 e. The largest absolute Gasteiger partial charge is 0.247 e. The van der Waals surface area contributed by atoms with Crippen LogP contribution in [-0.2, 0) is 6.42 Å². The van der Waals surface area contributed by atoms with Gasteiger partial charge in [-0.1, -0.05) is 170 Å². The Bertz CT molecular complexity index is 2750. The molecule has 7 aromatic carbocycles. The maximum Gasteiger partial charge on any atom is 0.161 e. The Morgan fingerprint density at radius 1 is 0.423 bits per heavy atom. The SMILES string of the molecule is C1=Cc2c(ccc3c(-c4ccc(-c5c(-c6ccccc6)nc(-c6cccc7ccccc67)nc5-c5ccccc5)cc4)nc4ccccc4c23)CC1. The molecule has 0 bridgehead atoms. The summed E-state index contributed by atoms with van der Waals surface area (Å²) in [6, 6.07) is 57.8. The summed E-state index contributed by atoms with van der Waals surface area (Å²) in [6.45, 7) is 0. The van der Waals surface area contributed by atoms with E-state index in [0.717, 1.165) is 79.6 Å². The molecule has 10 rings (SSSR count). The quantitative estimate of drug-likeness (QED) is 0.172. The maximum atomic E-state index is 5.39. The lowest BCUT2D eigenvalue weighted by molar-refractivity contribution is 0.990. The van der Waals surface area contributed by atoms with Crippen LogP contribution < -0.4 is 0 Å². The Kier molecular flexibility index (Phi) is 7.28. The number of aromatic nitrogens is 3. The van der Waals surface area contributed by atoms with Crippen LogP contribution in [-0.4, -0.2) is 15.0 Å². The molecule has 52 heavy (non-hydrogen) atoms. The van der Waals surface area contributed by atoms with Crippen molar-refractivity contribution in [1.29, 1.82) is 0 Å². The lowest BCUT2D eigenvalue weighted by Gasteiger charge is -2.19. The molecular formula is C49H33N3. The smallest absolute Gasteiger partial charge is 0.161 e. The van der Waals surface area contributed by atoms with Crippen LogP contribution in [0.5, 0.6) is 0 Å². The van der Waals surface area contributed by atoms with E-state index in [2.05, 4.69) is 176 Å². The van der Waals surface area contributed by atoms with Crippen LogP contribution in [0.25, 0.3) is 94.8 Å². The van der Waals surface area contributed by atoms with E-state index in [0.29, 0.717) is 5.82 Å². The highest BCUT2D eigenvalue weighted by Gasteiger charge is 2.22. The van der Waals surface area contributed by atoms with Crippen molar-refractivity contribution in [3.05, 3.63) is 181 Å². The fraction of sp³-hybridized carbons (Fsp3) is 0.0408. The van der Waals surface area contributed by atoms with Gasteiger partial charge in [0.15, 0.2) is 5.82 Å². The van der Waals surface area contributed by atoms with Crippen LogP contribution in [0, 0.1) is 0 Å². The molecule has 0 spiro atoms. The van der Waals surface area contributed by atoms with Gasteiger partial charge in [-0.3, -0.25) is 0 Å². The zero-order chi connectivity index (χ0) is 34.4. The van der Waals surface area contributed by atoms with Gasteiger partial charge in [-0.05, 0) is 46.4 Å². The Balaban J connectivity index is 1.20. The molecule has 1 aliphatic rings. The predicted molar refractivity (Wildman–Crippen MR) is 217 cm³/mol. The number of hydrogen-bond donors (Lipinski definition) is 0. The topological polar surface area (TPSA) is 38.7 Å². The van der Waals surface area contributed by atoms with Gasteiger partial charge in [0.2, 0.25) is 0 Å². The van der Waals surface area contributed by atoms with Crippen LogP contribution in [0.1, 0.15) is 17.5 Å². The minimum atomic E-state index is 0.707. The molecule has 2 heterocycles. The second-order valence-corrected chi connectivity index (χ2v) is 13.4. The Morgan fingerprint density at radius 2 is 1.04 bits per heavy atom. The predicted octanol–water partition coefficient (Wildman–Crippen LogP) is 12.6. The van der Waals surface area contributed by atoms with Crippen LogP contribution in [0.2, 0.25) is 0 Å². The molecule has 1 aliphatic carbocycles. The first-order chi connectivity index (χ1) is 25.8. The van der Waals surface area contributed by atoms with Crippen molar-refractivity contribution < 1.29 is 0 Å². The lowest BCUT2D eigenvalue weighted by atomic mass is 9.88. The van der Waals surface area contributed by atoms with Gasteiger partial charge in [-0.25, -0.2) is 15.0 Å². The Labute approximate surface area is 302 Å². The third-order valence-electron chi connectivity index (χ3n) is 10.3. The second kappa shape index (κ2) is 12.6. The first kappa shape index (κ1) is 30.1. The molecule has 0 fully saturated rings. The number of aryl methyl sites for hydroxylation is 1. The van der Waals surface area contributed by atoms with Gasteiger partial charge in [0.1, 0.15) is 0 Å². The van der Waals surface area contributed by atoms with E-state index in [1.807, 2.05) is 0 Å². The molecule has 0 unspecified atom stereocenters. The molecule has 0 N–H and O–H groups in total. The number of allylic oxidation sites excluding steroid dienone is 1. The number of rotatable bonds is 5. The van der Waals surface area contributed by atoms with Crippen molar-refractivity contribution in [1.82, 2.24) is 15.0 Å². The number of hydrogen-bond acceptors (Lipinski definition) is 3. The molecule has 9 aromatic rings. The van der Waals surface area contributed by atoms with Gasteiger partial charge in [-0.2, -0.15) is 0 Å². The van der Waals surface area contributed by atoms with Crippen molar-refractivity contribution in [2.45, 2.75) is 12.8 Å². The lowest BCUT2D eigenvalue weighted by Crippen LogP contribution is -2.01. The standard InChI is InChI=1S/C49H33N3/c1-3-16-35(17-4-1)47-44(48(36-18-5-2-6-19-36)52-49(51-47)40-24-13-20-32-14-7-9-21-38(32)40)34-26-28-37(29-27-34)46-42-31-30-33-15-8-10-22-39(33)45(42)41-23-11-12-25-43(41)50-46/h1-7,9-14,16-31H,8,15H2. The molecule has 0 saturated heterocycles. The summed E-state index contributed by atoms with van der Waals surface area (Å²) in [5, 5.41) is 5.96. The summed E-state index contributed by atoms with van der Waals surface area (Å²) in [4.78, 5) is 16.1. The molecule has 0 aliphatic heterocycles. The van der Waals surface area contributed by atoms with Gasteiger partial charge in [0, 0.05) is 44.0 Å². The number of pyridine rings is 1. The van der Waals surface area contributed by atoms with E-state index in [9.17, 15) is 0 Å². The average molecular weight is 664 g/mol. The number of fused-ring (bicyclic) bond motifs is 6. The van der Waals surface area contributed by atoms with Crippen LogP contribution in [0.4, 0.5) is 0 Å². The first-order valence-corrected chi connectivity index (χ1v) is 17.9. The molecule has 244 valence electrons. The normalized spacial score (nSPS) is 12.4. The van der Waals surface area contributed by atoms with E-state index in [1.54, 1.807) is 0 Å². The summed E-state index contributed by atoms with van der Waals surface area (Å²) < 4.78 is 0. The monoisotopic (exact) mass is 663 g/mol. The molecule has 3 heteroatoms. The Morgan fingerprint density at radius 3 is 1.79 bits per heavy atom. The summed E-state index contributed by atoms with van der Waals surface area (Å²) in [6.07, 6.45) is 6.75. The summed E-state index contributed by atoms with van der Waals surface area (Å²) in [5.41, 5.74) is 12.8. The average Bonchev–Trinajstić information content (AvgIpc) is 3.23. The zero-order valence-electron chi connectivity index (χ0n) is 28.5. The van der Waals surface area contributed by atoms with E-state index < -0.39 is 0 Å². The van der Waals surface area contributed by atoms with E-state index >= 15 is 0 Å². The van der Waals surface area contributed by atoms with Crippen LogP contribution in [0.15, 0.2) is 170 Å². The zero-order valence-corrected chi connectivity index (χ0v) is 28.5. The van der Waals surface area contributed by atoms with Gasteiger partial charge in [0.05, 0.1) is 22.6 Å². The van der Waals surface area contributed by atoms with Crippen LogP contribution in [0.3, 0.4) is 0 Å². The highest BCUT2D eigenvalue weighted by molar-refractivity contribution is 6.15. The van der Waals surface area contributed by atoms with Gasteiger partial charge < -0.3 is 0 Å². The van der Waals surface area contributed by atoms with E-state index in [-0.39, 0.29) is 0 Å². The third-order valence-corrected chi connectivity index (χ3v) is 10.3. The Hall–Kier alpha value is -6.71. The van der Waals surface area contributed by atoms with E-state index in [4.69, 9.17) is 15.0 Å². The molecule has 0 radical (unpaired) electrons. The van der Waals surface area contributed by atoms with E-state index in [1.165, 1.54) is 27.3 Å². The van der Waals surface area contributed by atoms with Crippen LogP contribution >= 0.6 is 0 Å². The summed E-state index contributed by atoms with van der Waals surface area (Å²) in [5.74, 6) is 0.707. The van der Waals surface area contributed by atoms with Crippen molar-refractivity contribution in [3.63, 3.8) is 0 Å².